The molecule has 0 spiro atoms. The van der Waals surface area contributed by atoms with Crippen molar-refractivity contribution in [3.8, 4) is 11.4 Å². The molecule has 2 aromatic heterocycles. The standard InChI is InChI=1S/C12H13N5O2/c1-7(14-8(2)18)10-12(19)15-11(17-16-10)9-3-5-13-6-4-9/h3-7H,1-2H3,(H,14,18)(H,15,17,19). The molecule has 0 saturated heterocycles. The number of aromatic nitrogens is 4. The molecular formula is C12H13N5O2. The lowest BCUT2D eigenvalue weighted by Crippen LogP contribution is -2.30. The van der Waals surface area contributed by atoms with Gasteiger partial charge in [-0.3, -0.25) is 14.6 Å². The fourth-order valence-electron chi connectivity index (χ4n) is 1.64. The summed E-state index contributed by atoms with van der Waals surface area (Å²) in [6, 6.07) is 2.95. The molecule has 7 nitrogen and oxygen atoms in total. The normalized spacial score (nSPS) is 11.9. The third-order valence-electron chi connectivity index (χ3n) is 2.51. The Bertz CT molecular complexity index is 638. The molecule has 0 fully saturated rings. The van der Waals surface area contributed by atoms with E-state index in [-0.39, 0.29) is 17.2 Å². The van der Waals surface area contributed by atoms with Crippen molar-refractivity contribution < 1.29 is 4.79 Å². The van der Waals surface area contributed by atoms with Crippen LogP contribution in [-0.2, 0) is 4.79 Å². The lowest BCUT2D eigenvalue weighted by atomic mass is 10.2. The summed E-state index contributed by atoms with van der Waals surface area (Å²) in [6.07, 6.45) is 3.20. The van der Waals surface area contributed by atoms with Gasteiger partial charge in [-0.15, -0.1) is 10.2 Å². The average molecular weight is 259 g/mol. The quantitative estimate of drug-likeness (QED) is 0.832. The van der Waals surface area contributed by atoms with E-state index in [9.17, 15) is 9.59 Å². The summed E-state index contributed by atoms with van der Waals surface area (Å²) >= 11 is 0. The van der Waals surface area contributed by atoms with Crippen LogP contribution in [0.2, 0.25) is 0 Å². The van der Waals surface area contributed by atoms with Crippen molar-refractivity contribution in [1.82, 2.24) is 25.5 Å². The Hall–Kier alpha value is -2.57. The van der Waals surface area contributed by atoms with Crippen LogP contribution in [0.1, 0.15) is 25.6 Å². The first-order valence-electron chi connectivity index (χ1n) is 5.72. The van der Waals surface area contributed by atoms with Crippen LogP contribution >= 0.6 is 0 Å². The second-order valence-corrected chi connectivity index (χ2v) is 4.05. The number of hydrogen-bond acceptors (Lipinski definition) is 5. The third kappa shape index (κ3) is 3.01. The molecule has 0 aromatic carbocycles. The number of pyridine rings is 1. The van der Waals surface area contributed by atoms with E-state index in [4.69, 9.17) is 0 Å². The summed E-state index contributed by atoms with van der Waals surface area (Å²) in [5.41, 5.74) is 0.523. The lowest BCUT2D eigenvalue weighted by molar-refractivity contribution is -0.119. The summed E-state index contributed by atoms with van der Waals surface area (Å²) in [5, 5.41) is 10.4. The van der Waals surface area contributed by atoms with Gasteiger partial charge in [0.1, 0.15) is 0 Å². The average Bonchev–Trinajstić information content (AvgIpc) is 2.38. The maximum absolute atomic E-state index is 11.9. The van der Waals surface area contributed by atoms with Gasteiger partial charge in [-0.1, -0.05) is 0 Å². The molecule has 1 unspecified atom stereocenters. The van der Waals surface area contributed by atoms with E-state index in [1.807, 2.05) is 0 Å². The van der Waals surface area contributed by atoms with E-state index < -0.39 is 6.04 Å². The molecule has 2 rings (SSSR count). The van der Waals surface area contributed by atoms with Gasteiger partial charge in [0, 0.05) is 24.9 Å². The Kier molecular flexibility index (Phi) is 3.65. The topological polar surface area (TPSA) is 101 Å². The molecule has 2 aromatic rings. The van der Waals surface area contributed by atoms with Gasteiger partial charge in [0.25, 0.3) is 5.56 Å². The van der Waals surface area contributed by atoms with Crippen molar-refractivity contribution >= 4 is 5.91 Å². The number of nitrogens with zero attached hydrogens (tertiary/aromatic N) is 3. The van der Waals surface area contributed by atoms with Crippen LogP contribution in [0.15, 0.2) is 29.3 Å². The van der Waals surface area contributed by atoms with Crippen molar-refractivity contribution in [3.63, 3.8) is 0 Å². The van der Waals surface area contributed by atoms with Gasteiger partial charge in [-0.05, 0) is 19.1 Å². The van der Waals surface area contributed by atoms with E-state index in [2.05, 4.69) is 25.5 Å². The van der Waals surface area contributed by atoms with Crippen molar-refractivity contribution in [2.24, 2.45) is 0 Å². The number of hydrogen-bond donors (Lipinski definition) is 2. The lowest BCUT2D eigenvalue weighted by Gasteiger charge is -2.10. The zero-order chi connectivity index (χ0) is 13.8. The fourth-order valence-corrected chi connectivity index (χ4v) is 1.64. The van der Waals surface area contributed by atoms with Gasteiger partial charge in [0.05, 0.1) is 6.04 Å². The minimum absolute atomic E-state index is 0.174. The van der Waals surface area contributed by atoms with Gasteiger partial charge >= 0.3 is 0 Å². The highest BCUT2D eigenvalue weighted by Gasteiger charge is 2.14. The molecule has 1 amide bonds. The van der Waals surface area contributed by atoms with Crippen LogP contribution in [-0.4, -0.2) is 26.1 Å². The molecule has 0 aliphatic heterocycles. The molecule has 19 heavy (non-hydrogen) atoms. The van der Waals surface area contributed by atoms with E-state index in [1.165, 1.54) is 6.92 Å². The zero-order valence-electron chi connectivity index (χ0n) is 10.5. The summed E-state index contributed by atoms with van der Waals surface area (Å²) in [5.74, 6) is 0.137. The van der Waals surface area contributed by atoms with Gasteiger partial charge < -0.3 is 10.3 Å². The number of amides is 1. The molecule has 2 N–H and O–H groups in total. The smallest absolute Gasteiger partial charge is 0.275 e. The summed E-state index contributed by atoms with van der Waals surface area (Å²) in [4.78, 5) is 29.4. The van der Waals surface area contributed by atoms with E-state index in [0.717, 1.165) is 5.56 Å². The predicted molar refractivity (Wildman–Crippen MR) is 68.1 cm³/mol. The van der Waals surface area contributed by atoms with Crippen LogP contribution in [0.3, 0.4) is 0 Å². The maximum Gasteiger partial charge on any atom is 0.275 e. The molecule has 7 heteroatoms. The summed E-state index contributed by atoms with van der Waals surface area (Å²) in [6.45, 7) is 3.05. The Morgan fingerprint density at radius 3 is 2.58 bits per heavy atom. The molecule has 0 bridgehead atoms. The van der Waals surface area contributed by atoms with Crippen LogP contribution in [0, 0.1) is 0 Å². The van der Waals surface area contributed by atoms with E-state index >= 15 is 0 Å². The van der Waals surface area contributed by atoms with E-state index in [1.54, 1.807) is 31.5 Å². The highest BCUT2D eigenvalue weighted by Crippen LogP contribution is 2.11. The first-order chi connectivity index (χ1) is 9.08. The summed E-state index contributed by atoms with van der Waals surface area (Å²) in [7, 11) is 0. The molecule has 1 atom stereocenters. The molecule has 2 heterocycles. The minimum atomic E-state index is -0.486. The molecule has 0 saturated carbocycles. The highest BCUT2D eigenvalue weighted by molar-refractivity contribution is 5.73. The minimum Gasteiger partial charge on any atom is -0.348 e. The van der Waals surface area contributed by atoms with Crippen molar-refractivity contribution in [2.75, 3.05) is 0 Å². The molecule has 0 aliphatic rings. The third-order valence-corrected chi connectivity index (χ3v) is 2.51. The van der Waals surface area contributed by atoms with Gasteiger partial charge in [0.2, 0.25) is 5.91 Å². The Morgan fingerprint density at radius 2 is 2.00 bits per heavy atom. The second-order valence-electron chi connectivity index (χ2n) is 4.05. The first-order valence-corrected chi connectivity index (χ1v) is 5.72. The van der Waals surface area contributed by atoms with Crippen LogP contribution in [0.25, 0.3) is 11.4 Å². The van der Waals surface area contributed by atoms with Gasteiger partial charge in [-0.25, -0.2) is 0 Å². The van der Waals surface area contributed by atoms with Crippen LogP contribution in [0.5, 0.6) is 0 Å². The summed E-state index contributed by atoms with van der Waals surface area (Å²) < 4.78 is 0. The van der Waals surface area contributed by atoms with Crippen LogP contribution in [0.4, 0.5) is 0 Å². The fraction of sp³-hybridized carbons (Fsp3) is 0.250. The predicted octanol–water partition coefficient (Wildman–Crippen LogP) is 0.424. The number of aromatic amines is 1. The Morgan fingerprint density at radius 1 is 1.32 bits per heavy atom. The molecular weight excluding hydrogens is 246 g/mol. The molecule has 0 radical (unpaired) electrons. The number of carbonyl (C=O) groups is 1. The SMILES string of the molecule is CC(=O)NC(C)c1nnc(-c2ccncc2)[nH]c1=O. The number of rotatable bonds is 3. The van der Waals surface area contributed by atoms with E-state index in [0.29, 0.717) is 5.82 Å². The van der Waals surface area contributed by atoms with Crippen molar-refractivity contribution in [2.45, 2.75) is 19.9 Å². The van der Waals surface area contributed by atoms with Gasteiger partial charge in [0.15, 0.2) is 11.5 Å². The number of carbonyl (C=O) groups excluding carboxylic acids is 1. The Balaban J connectivity index is 2.33. The first kappa shape index (κ1) is 12.9. The zero-order valence-corrected chi connectivity index (χ0v) is 10.5. The van der Waals surface area contributed by atoms with Crippen molar-refractivity contribution in [1.29, 1.82) is 0 Å². The Labute approximate surface area is 109 Å². The molecule has 98 valence electrons. The monoisotopic (exact) mass is 259 g/mol. The molecule has 0 aliphatic carbocycles. The van der Waals surface area contributed by atoms with Gasteiger partial charge in [-0.2, -0.15) is 0 Å². The van der Waals surface area contributed by atoms with Crippen LogP contribution < -0.4 is 10.9 Å². The largest absolute Gasteiger partial charge is 0.348 e. The van der Waals surface area contributed by atoms with Crippen molar-refractivity contribution in [3.05, 3.63) is 40.6 Å². The maximum atomic E-state index is 11.9. The number of nitrogens with one attached hydrogen (secondary N) is 2. The highest BCUT2D eigenvalue weighted by atomic mass is 16.1. The number of H-pyrrole nitrogens is 1. The second kappa shape index (κ2) is 5.38.